The maximum Gasteiger partial charge on any atom is -0.0163 e. The van der Waals surface area contributed by atoms with Crippen LogP contribution in [0.5, 0.6) is 0 Å². The van der Waals surface area contributed by atoms with Crippen LogP contribution in [-0.4, -0.2) is 0 Å². The number of allylic oxidation sites excluding steroid dienone is 16. The summed E-state index contributed by atoms with van der Waals surface area (Å²) in [5.41, 5.74) is 0. The highest BCUT2D eigenvalue weighted by atomic mass is 13.9. The van der Waals surface area contributed by atoms with E-state index in [1.165, 1.54) is 109 Å². The number of unbranched alkanes of at least 4 members (excludes halogenated alkanes) is 14. The molecule has 0 fully saturated rings. The third-order valence-corrected chi connectivity index (χ3v) is 6.74. The average molecular weight is 761 g/mol. The zero-order valence-corrected chi connectivity index (χ0v) is 38.1. The lowest BCUT2D eigenvalue weighted by atomic mass is 10.1. The van der Waals surface area contributed by atoms with Crippen molar-refractivity contribution in [2.24, 2.45) is 0 Å². The van der Waals surface area contributed by atoms with Gasteiger partial charge < -0.3 is 0 Å². The highest BCUT2D eigenvalue weighted by Gasteiger charge is 1.84. The van der Waals surface area contributed by atoms with E-state index in [4.69, 9.17) is 0 Å². The third kappa shape index (κ3) is 117. The second kappa shape index (κ2) is 104. The van der Waals surface area contributed by atoms with Crippen LogP contribution >= 0.6 is 0 Å². The summed E-state index contributed by atoms with van der Waals surface area (Å²) in [6.45, 7) is 29.5. The summed E-state index contributed by atoms with van der Waals surface area (Å²) in [5, 5.41) is 0. The van der Waals surface area contributed by atoms with Crippen LogP contribution in [0.15, 0.2) is 97.2 Å². The molecule has 0 amide bonds. The summed E-state index contributed by atoms with van der Waals surface area (Å²) in [7, 11) is 0. The van der Waals surface area contributed by atoms with Gasteiger partial charge in [0.1, 0.15) is 0 Å². The Kier molecular flexibility index (Phi) is 148. The first-order valence-electron chi connectivity index (χ1n) is 22.5. The summed E-state index contributed by atoms with van der Waals surface area (Å²) in [5.74, 6) is 0. The van der Waals surface area contributed by atoms with Crippen LogP contribution in [0.25, 0.3) is 0 Å². The van der Waals surface area contributed by atoms with Gasteiger partial charge in [0.15, 0.2) is 0 Å². The highest BCUT2D eigenvalue weighted by Crippen LogP contribution is 2.04. The Morgan fingerprint density at radius 3 is 0.407 bits per heavy atom. The van der Waals surface area contributed by atoms with Gasteiger partial charge in [-0.2, -0.15) is 0 Å². The number of hydrogen-bond acceptors (Lipinski definition) is 0. The molecule has 0 atom stereocenters. The Bertz CT molecular complexity index is 536. The van der Waals surface area contributed by atoms with Crippen molar-refractivity contribution in [3.8, 4) is 0 Å². The van der Waals surface area contributed by atoms with Gasteiger partial charge in [-0.3, -0.25) is 0 Å². The lowest BCUT2D eigenvalue weighted by molar-refractivity contribution is 0.624. The zero-order valence-electron chi connectivity index (χ0n) is 38.1. The van der Waals surface area contributed by atoms with Gasteiger partial charge in [-0.05, 0) is 25.7 Å². The first kappa shape index (κ1) is 76.6. The molecule has 0 aromatic heterocycles. The molecule has 4 rings (SSSR count). The third-order valence-electron chi connectivity index (χ3n) is 6.74. The van der Waals surface area contributed by atoms with E-state index in [1.807, 2.05) is 55.4 Å². The molecule has 54 heavy (non-hydrogen) atoms. The Morgan fingerprint density at radius 2 is 0.333 bits per heavy atom. The SMILES string of the molecule is C.C.C.C1=CCC=C1.C1=CCC=C1.C1=CCC=C1.C1=CCC=C1.CC.CC.CC.CC.CCCCCCC.CCCCCCCC.CCCCCCCC. The van der Waals surface area contributed by atoms with Gasteiger partial charge in [0.25, 0.3) is 0 Å². The minimum Gasteiger partial charge on any atom is -0.0808 e. The van der Waals surface area contributed by atoms with Crippen molar-refractivity contribution < 1.29 is 0 Å². The van der Waals surface area contributed by atoms with Crippen molar-refractivity contribution in [1.29, 1.82) is 0 Å². The fourth-order valence-corrected chi connectivity index (χ4v) is 3.96. The quantitative estimate of drug-likeness (QED) is 0.155. The van der Waals surface area contributed by atoms with Gasteiger partial charge in [0, 0.05) is 0 Å². The van der Waals surface area contributed by atoms with E-state index in [9.17, 15) is 0 Å². The van der Waals surface area contributed by atoms with E-state index < -0.39 is 0 Å². The summed E-state index contributed by atoms with van der Waals surface area (Å²) in [6.07, 6.45) is 62.0. The first-order chi connectivity index (χ1) is 25.2. The standard InChI is InChI=1S/2C8H18.C7H16.4C5H6.4C2H6.3CH4/c2*1-3-5-7-8-6-4-2;1-3-5-7-6-4-2;4*1-2-4-5-3-1;4*1-2;;;/h2*3-8H2,1-2H3;3-7H2,1-2H3;4*1-4H,5H2;4*1-2H3;3*1H4. The molecule has 0 aliphatic heterocycles. The molecule has 0 saturated heterocycles. The fraction of sp³-hybridized carbons (Fsp3) is 0.704. The molecule has 0 bridgehead atoms. The average Bonchev–Trinajstić information content (AvgIpc) is 4.06. The van der Waals surface area contributed by atoms with Crippen molar-refractivity contribution in [3.63, 3.8) is 0 Å². The minimum absolute atomic E-state index is 0. The predicted octanol–water partition coefficient (Wildman–Crippen LogP) is 21.7. The number of rotatable bonds is 14. The van der Waals surface area contributed by atoms with Gasteiger partial charge in [-0.15, -0.1) is 0 Å². The lowest BCUT2D eigenvalue weighted by Gasteiger charge is -1.93. The molecule has 0 unspecified atom stereocenters. The first-order valence-corrected chi connectivity index (χ1v) is 22.5. The van der Waals surface area contributed by atoms with Gasteiger partial charge in [0.05, 0.1) is 0 Å². The molecule has 0 radical (unpaired) electrons. The predicted molar refractivity (Wildman–Crippen MR) is 270 cm³/mol. The Balaban J connectivity index is -0.0000000504. The van der Waals surface area contributed by atoms with E-state index >= 15 is 0 Å². The van der Waals surface area contributed by atoms with Crippen molar-refractivity contribution in [1.82, 2.24) is 0 Å². The second-order valence-electron chi connectivity index (χ2n) is 11.3. The molecule has 0 saturated carbocycles. The van der Waals surface area contributed by atoms with Crippen LogP contribution in [-0.2, 0) is 0 Å². The molecule has 328 valence electrons. The van der Waals surface area contributed by atoms with Crippen LogP contribution in [0, 0.1) is 0 Å². The van der Waals surface area contributed by atoms with Crippen LogP contribution in [0.3, 0.4) is 0 Å². The summed E-state index contributed by atoms with van der Waals surface area (Å²) < 4.78 is 0. The van der Waals surface area contributed by atoms with E-state index in [-0.39, 0.29) is 22.3 Å². The summed E-state index contributed by atoms with van der Waals surface area (Å²) in [6, 6.07) is 0. The Labute approximate surface area is 350 Å². The van der Waals surface area contributed by atoms with Crippen LogP contribution in [0.1, 0.15) is 254 Å². The smallest absolute Gasteiger partial charge is 0.0163 e. The van der Waals surface area contributed by atoms with E-state index in [1.54, 1.807) is 0 Å². The molecular weight excluding hydrogens is 649 g/mol. The Morgan fingerprint density at radius 1 is 0.222 bits per heavy atom. The summed E-state index contributed by atoms with van der Waals surface area (Å²) >= 11 is 0. The van der Waals surface area contributed by atoms with Crippen LogP contribution < -0.4 is 0 Å². The Hall–Kier alpha value is -2.08. The second-order valence-corrected chi connectivity index (χ2v) is 11.3. The monoisotopic (exact) mass is 761 g/mol. The van der Waals surface area contributed by atoms with Gasteiger partial charge in [0.2, 0.25) is 0 Å². The minimum atomic E-state index is 0. The van der Waals surface area contributed by atoms with Gasteiger partial charge in [-0.25, -0.2) is 0 Å². The maximum absolute atomic E-state index is 2.26. The molecule has 0 N–H and O–H groups in total. The van der Waals surface area contributed by atoms with Crippen LogP contribution in [0.2, 0.25) is 0 Å². The molecule has 0 heterocycles. The molecule has 4 aliphatic rings. The lowest BCUT2D eigenvalue weighted by Crippen LogP contribution is -1.73. The highest BCUT2D eigenvalue weighted by molar-refractivity contribution is 5.13. The largest absolute Gasteiger partial charge is 0.0808 e. The van der Waals surface area contributed by atoms with Crippen molar-refractivity contribution in [2.75, 3.05) is 0 Å². The topological polar surface area (TPSA) is 0 Å². The normalized spacial score (nSPS) is 11.1. The van der Waals surface area contributed by atoms with Crippen molar-refractivity contribution >= 4 is 0 Å². The van der Waals surface area contributed by atoms with Crippen molar-refractivity contribution in [3.05, 3.63) is 97.2 Å². The van der Waals surface area contributed by atoms with E-state index in [2.05, 4.69) is 139 Å². The molecule has 0 heteroatoms. The molecule has 0 aromatic carbocycles. The molecule has 0 aromatic rings. The van der Waals surface area contributed by atoms with Crippen LogP contribution in [0.4, 0.5) is 0 Å². The molecular formula is C54H112. The molecule has 0 nitrogen and oxygen atoms in total. The van der Waals surface area contributed by atoms with E-state index in [0.717, 1.165) is 25.7 Å². The van der Waals surface area contributed by atoms with Gasteiger partial charge >= 0.3 is 0 Å². The molecule has 0 spiro atoms. The summed E-state index contributed by atoms with van der Waals surface area (Å²) in [4.78, 5) is 0. The van der Waals surface area contributed by atoms with E-state index in [0.29, 0.717) is 0 Å². The maximum atomic E-state index is 2.26. The van der Waals surface area contributed by atoms with Crippen molar-refractivity contribution in [2.45, 2.75) is 254 Å². The number of hydrogen-bond donors (Lipinski definition) is 0. The zero-order chi connectivity index (χ0) is 40.2. The fourth-order valence-electron chi connectivity index (χ4n) is 3.96. The molecule has 4 aliphatic carbocycles. The van der Waals surface area contributed by atoms with Gasteiger partial charge in [-0.1, -0.05) is 326 Å².